The van der Waals surface area contributed by atoms with Crippen molar-refractivity contribution in [1.82, 2.24) is 5.32 Å². The summed E-state index contributed by atoms with van der Waals surface area (Å²) in [5, 5.41) is 12.5. The Balaban J connectivity index is 2.21. The van der Waals surface area contributed by atoms with Crippen LogP contribution in [0.3, 0.4) is 0 Å². The molecule has 0 saturated carbocycles. The van der Waals surface area contributed by atoms with Gasteiger partial charge < -0.3 is 10.1 Å². The number of nitriles is 1. The molecule has 0 saturated heterocycles. The molecule has 1 aliphatic carbocycles. The number of aryl methyl sites for hydroxylation is 1. The van der Waals surface area contributed by atoms with Crippen molar-refractivity contribution < 1.29 is 4.74 Å². The molecule has 3 heteroatoms. The Morgan fingerprint density at radius 2 is 2.32 bits per heavy atom. The minimum absolute atomic E-state index is 0.348. The van der Waals surface area contributed by atoms with Crippen LogP contribution in [-0.2, 0) is 6.42 Å². The van der Waals surface area contributed by atoms with Crippen LogP contribution in [0, 0.1) is 11.3 Å². The van der Waals surface area contributed by atoms with E-state index in [0.29, 0.717) is 12.5 Å². The molecule has 2 rings (SSSR count). The summed E-state index contributed by atoms with van der Waals surface area (Å²) in [4.78, 5) is 0. The molecule has 0 amide bonds. The Kier molecular flexibility index (Phi) is 4.81. The lowest BCUT2D eigenvalue weighted by molar-refractivity contribution is 0.251. The quantitative estimate of drug-likeness (QED) is 0.881. The van der Waals surface area contributed by atoms with Gasteiger partial charge in [-0.2, -0.15) is 5.26 Å². The molecule has 1 N–H and O–H groups in total. The number of nitrogens with zero attached hydrogens (tertiary/aromatic N) is 1. The molecule has 0 aromatic heterocycles. The highest BCUT2D eigenvalue weighted by atomic mass is 16.5. The van der Waals surface area contributed by atoms with Gasteiger partial charge in [0.05, 0.1) is 0 Å². The normalized spacial score (nSPS) is 19.3. The summed E-state index contributed by atoms with van der Waals surface area (Å²) in [7, 11) is 0. The fourth-order valence-electron chi connectivity index (χ4n) is 2.67. The maximum atomic E-state index is 8.97. The van der Waals surface area contributed by atoms with Gasteiger partial charge in [-0.3, -0.25) is 0 Å². The van der Waals surface area contributed by atoms with E-state index in [1.54, 1.807) is 0 Å². The van der Waals surface area contributed by atoms with Crippen LogP contribution in [0.25, 0.3) is 0 Å². The van der Waals surface area contributed by atoms with Crippen molar-refractivity contribution in [2.24, 2.45) is 0 Å². The second-order valence-corrected chi connectivity index (χ2v) is 5.01. The molecule has 1 aromatic carbocycles. The van der Waals surface area contributed by atoms with Crippen molar-refractivity contribution in [1.29, 1.82) is 5.26 Å². The molecular formula is C16H22N2O. The van der Waals surface area contributed by atoms with E-state index in [-0.39, 0.29) is 6.10 Å². The number of fused-ring (bicyclic) bond motifs is 1. The van der Waals surface area contributed by atoms with Crippen molar-refractivity contribution in [3.63, 3.8) is 0 Å². The summed E-state index contributed by atoms with van der Waals surface area (Å²) in [6.45, 7) is 5.08. The van der Waals surface area contributed by atoms with E-state index in [9.17, 15) is 0 Å². The number of rotatable bonds is 5. The van der Waals surface area contributed by atoms with Gasteiger partial charge in [0.1, 0.15) is 11.8 Å². The molecule has 1 aromatic rings. The van der Waals surface area contributed by atoms with Gasteiger partial charge in [-0.05, 0) is 55.5 Å². The Morgan fingerprint density at radius 3 is 3.00 bits per heavy atom. The molecule has 0 heterocycles. The number of hydrogen-bond donors (Lipinski definition) is 1. The van der Waals surface area contributed by atoms with Crippen LogP contribution >= 0.6 is 0 Å². The van der Waals surface area contributed by atoms with E-state index < -0.39 is 0 Å². The van der Waals surface area contributed by atoms with Crippen molar-refractivity contribution in [2.75, 3.05) is 6.54 Å². The third-order valence-corrected chi connectivity index (χ3v) is 3.68. The summed E-state index contributed by atoms with van der Waals surface area (Å²) in [6.07, 6.45) is 3.93. The van der Waals surface area contributed by atoms with Crippen LogP contribution in [-0.4, -0.2) is 12.6 Å². The highest BCUT2D eigenvalue weighted by Crippen LogP contribution is 2.32. The molecule has 2 unspecified atom stereocenters. The minimum Gasteiger partial charge on any atom is -0.476 e. The van der Waals surface area contributed by atoms with Gasteiger partial charge in [0, 0.05) is 6.04 Å². The third kappa shape index (κ3) is 3.27. The molecule has 0 fully saturated rings. The average molecular weight is 258 g/mol. The standard InChI is InChI=1S/C16H22N2O/c1-3-13(11-17)19-14-9-8-12-6-5-7-16(18-4-2)15(12)10-14/h8-10,13,16,18H,3-7H2,1-2H3. The summed E-state index contributed by atoms with van der Waals surface area (Å²) >= 11 is 0. The van der Waals surface area contributed by atoms with E-state index >= 15 is 0 Å². The first-order chi connectivity index (χ1) is 9.28. The highest BCUT2D eigenvalue weighted by molar-refractivity contribution is 5.39. The molecule has 0 radical (unpaired) electrons. The molecule has 0 spiro atoms. The lowest BCUT2D eigenvalue weighted by Crippen LogP contribution is -2.25. The molecular weight excluding hydrogens is 236 g/mol. The predicted molar refractivity (Wildman–Crippen MR) is 76.1 cm³/mol. The van der Waals surface area contributed by atoms with E-state index in [0.717, 1.165) is 18.7 Å². The van der Waals surface area contributed by atoms with E-state index in [2.05, 4.69) is 30.4 Å². The maximum absolute atomic E-state index is 8.97. The first-order valence-corrected chi connectivity index (χ1v) is 7.21. The van der Waals surface area contributed by atoms with Gasteiger partial charge in [0.25, 0.3) is 0 Å². The first-order valence-electron chi connectivity index (χ1n) is 7.21. The second-order valence-electron chi connectivity index (χ2n) is 5.01. The zero-order valence-electron chi connectivity index (χ0n) is 11.8. The largest absolute Gasteiger partial charge is 0.476 e. The predicted octanol–water partition coefficient (Wildman–Crippen LogP) is 3.35. The van der Waals surface area contributed by atoms with Gasteiger partial charge in [-0.15, -0.1) is 0 Å². The number of benzene rings is 1. The van der Waals surface area contributed by atoms with Gasteiger partial charge in [-0.1, -0.05) is 19.9 Å². The van der Waals surface area contributed by atoms with Gasteiger partial charge in [0.2, 0.25) is 0 Å². The highest BCUT2D eigenvalue weighted by Gasteiger charge is 2.20. The van der Waals surface area contributed by atoms with Crippen LogP contribution in [0.4, 0.5) is 0 Å². The van der Waals surface area contributed by atoms with E-state index in [1.807, 2.05) is 13.0 Å². The third-order valence-electron chi connectivity index (χ3n) is 3.68. The SMILES string of the molecule is CCNC1CCCc2ccc(OC(C#N)CC)cc21. The molecule has 0 aliphatic heterocycles. The first kappa shape index (κ1) is 13.9. The average Bonchev–Trinajstić information content (AvgIpc) is 2.45. The van der Waals surface area contributed by atoms with Gasteiger partial charge in [0.15, 0.2) is 6.10 Å². The summed E-state index contributed by atoms with van der Waals surface area (Å²) in [5.74, 6) is 0.817. The monoisotopic (exact) mass is 258 g/mol. The van der Waals surface area contributed by atoms with Crippen LogP contribution in [0.5, 0.6) is 5.75 Å². The number of ether oxygens (including phenoxy) is 1. The van der Waals surface area contributed by atoms with E-state index in [4.69, 9.17) is 10.00 Å². The maximum Gasteiger partial charge on any atom is 0.184 e. The number of nitrogens with one attached hydrogen (secondary N) is 1. The molecule has 102 valence electrons. The van der Waals surface area contributed by atoms with Crippen LogP contribution in [0.1, 0.15) is 50.3 Å². The van der Waals surface area contributed by atoms with Crippen molar-refractivity contribution in [2.45, 2.75) is 51.7 Å². The fraction of sp³-hybridized carbons (Fsp3) is 0.562. The second kappa shape index (κ2) is 6.58. The zero-order chi connectivity index (χ0) is 13.7. The molecule has 1 aliphatic rings. The molecule has 19 heavy (non-hydrogen) atoms. The Hall–Kier alpha value is -1.53. The topological polar surface area (TPSA) is 45.0 Å². The summed E-state index contributed by atoms with van der Waals surface area (Å²) in [6, 6.07) is 8.87. The van der Waals surface area contributed by atoms with Crippen molar-refractivity contribution in [3.05, 3.63) is 29.3 Å². The lowest BCUT2D eigenvalue weighted by Gasteiger charge is -2.27. The lowest BCUT2D eigenvalue weighted by atomic mass is 9.87. The zero-order valence-corrected chi connectivity index (χ0v) is 11.8. The van der Waals surface area contributed by atoms with Gasteiger partial charge in [-0.25, -0.2) is 0 Å². The van der Waals surface area contributed by atoms with E-state index in [1.165, 1.54) is 24.0 Å². The minimum atomic E-state index is -0.348. The molecule has 3 nitrogen and oxygen atoms in total. The van der Waals surface area contributed by atoms with Crippen LogP contribution in [0.15, 0.2) is 18.2 Å². The van der Waals surface area contributed by atoms with Crippen LogP contribution < -0.4 is 10.1 Å². The smallest absolute Gasteiger partial charge is 0.184 e. The summed E-state index contributed by atoms with van der Waals surface area (Å²) < 4.78 is 5.72. The van der Waals surface area contributed by atoms with Gasteiger partial charge >= 0.3 is 0 Å². The number of hydrogen-bond acceptors (Lipinski definition) is 3. The fourth-order valence-corrected chi connectivity index (χ4v) is 2.67. The Morgan fingerprint density at radius 1 is 1.47 bits per heavy atom. The summed E-state index contributed by atoms with van der Waals surface area (Å²) in [5.41, 5.74) is 2.76. The Bertz CT molecular complexity index is 464. The molecule has 0 bridgehead atoms. The van der Waals surface area contributed by atoms with Crippen molar-refractivity contribution >= 4 is 0 Å². The molecule has 2 atom stereocenters. The van der Waals surface area contributed by atoms with Crippen molar-refractivity contribution in [3.8, 4) is 11.8 Å². The van der Waals surface area contributed by atoms with Crippen LogP contribution in [0.2, 0.25) is 0 Å². The Labute approximate surface area is 115 Å².